The van der Waals surface area contributed by atoms with Crippen molar-refractivity contribution < 1.29 is 13.2 Å². The van der Waals surface area contributed by atoms with Gasteiger partial charge in [0.2, 0.25) is 11.9 Å². The molecule has 1 aromatic carbocycles. The van der Waals surface area contributed by atoms with Crippen LogP contribution in [-0.2, 0) is 19.0 Å². The minimum absolute atomic E-state index is 0.0419. The van der Waals surface area contributed by atoms with Gasteiger partial charge in [-0.1, -0.05) is 6.07 Å². The number of hydrogen-bond acceptors (Lipinski definition) is 6. The predicted molar refractivity (Wildman–Crippen MR) is 127 cm³/mol. The molecule has 1 saturated heterocycles. The summed E-state index contributed by atoms with van der Waals surface area (Å²) in [6.45, 7) is 2.48. The quantitative estimate of drug-likeness (QED) is 0.565. The fourth-order valence-corrected chi connectivity index (χ4v) is 6.25. The number of nitrogens with zero attached hydrogens (tertiary/aromatic N) is 5. The van der Waals surface area contributed by atoms with E-state index < -0.39 is 11.7 Å². The van der Waals surface area contributed by atoms with E-state index in [1.807, 2.05) is 6.07 Å². The number of rotatable bonds is 4. The largest absolute Gasteiger partial charge is 0.417 e. The highest BCUT2D eigenvalue weighted by Gasteiger charge is 2.42. The maximum atomic E-state index is 12.8. The van der Waals surface area contributed by atoms with E-state index in [0.29, 0.717) is 12.0 Å². The van der Waals surface area contributed by atoms with Crippen LogP contribution < -0.4 is 11.1 Å². The van der Waals surface area contributed by atoms with Crippen molar-refractivity contribution in [2.24, 2.45) is 11.8 Å². The number of nitrogens with two attached hydrogens (primary N) is 1. The monoisotopic (exact) mass is 483 g/mol. The summed E-state index contributed by atoms with van der Waals surface area (Å²) in [5.41, 5.74) is 8.83. The summed E-state index contributed by atoms with van der Waals surface area (Å²) in [4.78, 5) is 10.8. The van der Waals surface area contributed by atoms with Gasteiger partial charge in [-0.2, -0.15) is 22.8 Å². The Morgan fingerprint density at radius 3 is 2.40 bits per heavy atom. The molecule has 3 aromatic rings. The first-order chi connectivity index (χ1) is 16.8. The summed E-state index contributed by atoms with van der Waals surface area (Å²) in [5.74, 6) is 1.93. The fraction of sp³-hybridized carbons (Fsp3) is 0.480. The molecular formula is C25H28F3N7. The lowest BCUT2D eigenvalue weighted by molar-refractivity contribution is -0.137. The molecule has 7 nitrogen and oxygen atoms in total. The van der Waals surface area contributed by atoms with Crippen molar-refractivity contribution in [3.8, 4) is 5.82 Å². The van der Waals surface area contributed by atoms with E-state index in [9.17, 15) is 13.2 Å². The van der Waals surface area contributed by atoms with E-state index >= 15 is 0 Å². The van der Waals surface area contributed by atoms with Crippen LogP contribution >= 0.6 is 0 Å². The molecule has 2 fully saturated rings. The Labute approximate surface area is 201 Å². The number of pyridine rings is 1. The van der Waals surface area contributed by atoms with Gasteiger partial charge < -0.3 is 11.1 Å². The van der Waals surface area contributed by atoms with Crippen LogP contribution in [0.25, 0.3) is 5.82 Å². The highest BCUT2D eigenvalue weighted by molar-refractivity contribution is 5.57. The third-order valence-corrected chi connectivity index (χ3v) is 7.79. The molecule has 1 saturated carbocycles. The summed E-state index contributed by atoms with van der Waals surface area (Å²) < 4.78 is 39.7. The molecular weight excluding hydrogens is 455 g/mol. The number of likely N-dealkylation sites (tertiary alicyclic amines) is 1. The van der Waals surface area contributed by atoms with Gasteiger partial charge >= 0.3 is 6.18 Å². The number of nitrogens with one attached hydrogen (secondary N) is 1. The number of fused-ring (bicyclic) bond motifs is 3. The zero-order chi connectivity index (χ0) is 24.2. The smallest absolute Gasteiger partial charge is 0.368 e. The lowest BCUT2D eigenvalue weighted by atomic mass is 9.93. The van der Waals surface area contributed by atoms with E-state index in [2.05, 4.69) is 37.4 Å². The molecule has 3 unspecified atom stereocenters. The summed E-state index contributed by atoms with van der Waals surface area (Å²) in [6, 6.07) is 9.31. The number of nitrogen functional groups attached to an aromatic ring is 1. The van der Waals surface area contributed by atoms with Gasteiger partial charge in [0.25, 0.3) is 0 Å². The van der Waals surface area contributed by atoms with Crippen LogP contribution in [0, 0.1) is 11.8 Å². The molecule has 3 N–H and O–H groups in total. The zero-order valence-electron chi connectivity index (χ0n) is 19.3. The topological polar surface area (TPSA) is 84.9 Å². The van der Waals surface area contributed by atoms with Crippen LogP contribution in [0.1, 0.15) is 42.4 Å². The first kappa shape index (κ1) is 22.3. The van der Waals surface area contributed by atoms with Gasteiger partial charge in [0.1, 0.15) is 0 Å². The fourth-order valence-electron chi connectivity index (χ4n) is 6.25. The third kappa shape index (κ3) is 4.24. The molecule has 0 radical (unpaired) electrons. The number of halogens is 3. The Morgan fingerprint density at radius 1 is 0.971 bits per heavy atom. The third-order valence-electron chi connectivity index (χ3n) is 7.79. The Bertz CT molecular complexity index is 1210. The van der Waals surface area contributed by atoms with Crippen molar-refractivity contribution in [2.45, 2.75) is 50.7 Å². The minimum Gasteiger partial charge on any atom is -0.368 e. The Kier molecular flexibility index (Phi) is 5.43. The second-order valence-electron chi connectivity index (χ2n) is 9.96. The van der Waals surface area contributed by atoms with Crippen LogP contribution in [0.2, 0.25) is 0 Å². The van der Waals surface area contributed by atoms with Gasteiger partial charge in [-0.05, 0) is 98.8 Å². The van der Waals surface area contributed by atoms with Crippen LogP contribution in [0.5, 0.6) is 0 Å². The van der Waals surface area contributed by atoms with Gasteiger partial charge in [0.05, 0.1) is 5.56 Å². The number of aromatic nitrogens is 4. The van der Waals surface area contributed by atoms with Crippen molar-refractivity contribution in [1.29, 1.82) is 0 Å². The number of hydrogen-bond donors (Lipinski definition) is 2. The van der Waals surface area contributed by atoms with Crippen molar-refractivity contribution in [3.63, 3.8) is 0 Å². The maximum Gasteiger partial charge on any atom is 0.417 e. The van der Waals surface area contributed by atoms with Crippen molar-refractivity contribution in [3.05, 3.63) is 53.2 Å². The number of alkyl halides is 3. The van der Waals surface area contributed by atoms with E-state index in [0.717, 1.165) is 36.7 Å². The van der Waals surface area contributed by atoms with Crippen molar-refractivity contribution in [1.82, 2.24) is 24.6 Å². The van der Waals surface area contributed by atoms with E-state index in [1.54, 1.807) is 0 Å². The highest BCUT2D eigenvalue weighted by Crippen LogP contribution is 2.44. The first-order valence-electron chi connectivity index (χ1n) is 12.2. The molecule has 2 aliphatic carbocycles. The molecule has 0 spiro atoms. The van der Waals surface area contributed by atoms with Crippen LogP contribution in [-0.4, -0.2) is 43.8 Å². The van der Waals surface area contributed by atoms with Gasteiger partial charge in [0.15, 0.2) is 5.82 Å². The molecule has 3 atom stereocenters. The molecule has 1 aliphatic heterocycles. The standard InChI is InChI=1S/C25H28F3N7/c26-25(27,28)19-6-8-21(30-14-19)35-23(29)32-24(33-35)31-20-7-5-15-11-16-3-4-17(12-18(15)13-20)22(16)34-9-1-2-10-34/h5-8,13-14,16-17,22H,1-4,9-12H2,(H3,29,31,32,33). The van der Waals surface area contributed by atoms with E-state index in [1.165, 1.54) is 60.6 Å². The Hall–Kier alpha value is -3.14. The second kappa shape index (κ2) is 8.51. The Balaban J connectivity index is 1.20. The Morgan fingerprint density at radius 2 is 1.71 bits per heavy atom. The SMILES string of the molecule is Nc1nc(Nc2ccc3c(c2)CC2CCC(C3)C2N2CCCC2)nn1-c1ccc(C(F)(F)F)cn1. The van der Waals surface area contributed by atoms with Crippen LogP contribution in [0.15, 0.2) is 36.5 Å². The molecule has 10 heteroatoms. The molecule has 3 aliphatic rings. The predicted octanol–water partition coefficient (Wildman–Crippen LogP) is 4.60. The molecule has 6 rings (SSSR count). The number of benzene rings is 1. The molecule has 0 amide bonds. The maximum absolute atomic E-state index is 12.8. The zero-order valence-corrected chi connectivity index (χ0v) is 19.3. The second-order valence-corrected chi connectivity index (χ2v) is 9.96. The molecule has 184 valence electrons. The molecule has 35 heavy (non-hydrogen) atoms. The summed E-state index contributed by atoms with van der Waals surface area (Å²) >= 11 is 0. The van der Waals surface area contributed by atoms with Gasteiger partial charge in [0, 0.05) is 17.9 Å². The minimum atomic E-state index is -4.45. The van der Waals surface area contributed by atoms with E-state index in [4.69, 9.17) is 5.73 Å². The number of anilines is 3. The molecule has 3 heterocycles. The lowest BCUT2D eigenvalue weighted by Crippen LogP contribution is -2.40. The summed E-state index contributed by atoms with van der Waals surface area (Å²) in [6.07, 6.45) is 3.79. The van der Waals surface area contributed by atoms with Gasteiger partial charge in [-0.3, -0.25) is 4.90 Å². The summed E-state index contributed by atoms with van der Waals surface area (Å²) in [5, 5.41) is 7.53. The van der Waals surface area contributed by atoms with Crippen LogP contribution in [0.3, 0.4) is 0 Å². The van der Waals surface area contributed by atoms with Gasteiger partial charge in [-0.15, -0.1) is 5.10 Å². The van der Waals surface area contributed by atoms with Gasteiger partial charge in [-0.25, -0.2) is 4.98 Å². The normalized spacial score (nSPS) is 24.4. The lowest BCUT2D eigenvalue weighted by Gasteiger charge is -2.32. The molecule has 2 aromatic heterocycles. The average Bonchev–Trinajstić information content (AvgIpc) is 3.53. The van der Waals surface area contributed by atoms with Crippen LogP contribution in [0.4, 0.5) is 30.8 Å². The molecule has 2 bridgehead atoms. The average molecular weight is 484 g/mol. The first-order valence-corrected chi connectivity index (χ1v) is 12.2. The van der Waals surface area contributed by atoms with Crippen molar-refractivity contribution >= 4 is 17.6 Å². The summed E-state index contributed by atoms with van der Waals surface area (Å²) in [7, 11) is 0. The van der Waals surface area contributed by atoms with Crippen molar-refractivity contribution in [2.75, 3.05) is 24.1 Å². The highest BCUT2D eigenvalue weighted by atomic mass is 19.4. The van der Waals surface area contributed by atoms with E-state index in [-0.39, 0.29) is 17.7 Å².